The van der Waals surface area contributed by atoms with Gasteiger partial charge in [0.1, 0.15) is 17.9 Å². The van der Waals surface area contributed by atoms with Crippen LogP contribution in [0, 0.1) is 0 Å². The predicted octanol–water partition coefficient (Wildman–Crippen LogP) is 1.32. The van der Waals surface area contributed by atoms with Gasteiger partial charge in [0.05, 0.1) is 13.5 Å². The van der Waals surface area contributed by atoms with E-state index in [1.165, 1.54) is 20.1 Å². The molecule has 1 fully saturated rings. The molecule has 2 aromatic rings. The van der Waals surface area contributed by atoms with E-state index >= 15 is 0 Å². The zero-order valence-electron chi connectivity index (χ0n) is 17.0. The van der Waals surface area contributed by atoms with Crippen molar-refractivity contribution in [3.05, 3.63) is 40.2 Å². The molecule has 160 valence electrons. The number of carbonyl (C=O) groups is 3. The van der Waals surface area contributed by atoms with Crippen LogP contribution in [0.15, 0.2) is 33.5 Å². The molecule has 9 nitrogen and oxygen atoms in total. The first-order valence-corrected chi connectivity index (χ1v) is 9.67. The van der Waals surface area contributed by atoms with Crippen LogP contribution in [0.1, 0.15) is 25.3 Å². The van der Waals surface area contributed by atoms with Crippen molar-refractivity contribution in [1.29, 1.82) is 0 Å². The molecular formula is C21H24N2O7. The van der Waals surface area contributed by atoms with E-state index in [9.17, 15) is 19.2 Å². The van der Waals surface area contributed by atoms with Crippen molar-refractivity contribution in [1.82, 2.24) is 9.80 Å². The second-order valence-electron chi connectivity index (χ2n) is 7.00. The van der Waals surface area contributed by atoms with Crippen LogP contribution in [0.2, 0.25) is 0 Å². The Labute approximate surface area is 173 Å². The number of methoxy groups -OCH3 is 1. The minimum Gasteiger partial charge on any atom is -0.497 e. The first-order valence-electron chi connectivity index (χ1n) is 9.67. The second kappa shape index (κ2) is 9.43. The van der Waals surface area contributed by atoms with E-state index in [1.807, 2.05) is 0 Å². The molecule has 0 unspecified atom stereocenters. The van der Waals surface area contributed by atoms with Gasteiger partial charge in [-0.1, -0.05) is 0 Å². The molecule has 3 rings (SSSR count). The average molecular weight is 416 g/mol. The van der Waals surface area contributed by atoms with Gasteiger partial charge in [-0.05, 0) is 12.1 Å². The van der Waals surface area contributed by atoms with E-state index in [0.717, 1.165) is 0 Å². The van der Waals surface area contributed by atoms with Crippen LogP contribution >= 0.6 is 0 Å². The van der Waals surface area contributed by atoms with Gasteiger partial charge in [0.25, 0.3) is 0 Å². The van der Waals surface area contributed by atoms with E-state index in [4.69, 9.17) is 13.9 Å². The van der Waals surface area contributed by atoms with Crippen LogP contribution in [-0.4, -0.2) is 60.9 Å². The van der Waals surface area contributed by atoms with Crippen LogP contribution < -0.4 is 10.4 Å². The molecule has 0 N–H and O–H groups in total. The van der Waals surface area contributed by atoms with E-state index < -0.39 is 11.6 Å². The van der Waals surface area contributed by atoms with E-state index in [2.05, 4.69) is 0 Å². The summed E-state index contributed by atoms with van der Waals surface area (Å²) >= 11 is 0. The number of amides is 2. The summed E-state index contributed by atoms with van der Waals surface area (Å²) in [7, 11) is 1.51. The van der Waals surface area contributed by atoms with Gasteiger partial charge in [0.2, 0.25) is 11.8 Å². The molecule has 1 aromatic heterocycles. The fraction of sp³-hybridized carbons (Fsp3) is 0.429. The number of nitrogens with zero attached hydrogens (tertiary/aromatic N) is 2. The maximum absolute atomic E-state index is 12.3. The third kappa shape index (κ3) is 5.16. The summed E-state index contributed by atoms with van der Waals surface area (Å²) in [5, 5.41) is 0.641. The molecule has 9 heteroatoms. The van der Waals surface area contributed by atoms with Crippen LogP contribution in [0.4, 0.5) is 0 Å². The second-order valence-corrected chi connectivity index (χ2v) is 7.00. The Hall–Kier alpha value is -3.36. The number of piperazine rings is 1. The van der Waals surface area contributed by atoms with Gasteiger partial charge >= 0.3 is 11.6 Å². The summed E-state index contributed by atoms with van der Waals surface area (Å²) in [5.41, 5.74) is 0.304. The van der Waals surface area contributed by atoms with Crippen molar-refractivity contribution in [3.63, 3.8) is 0 Å². The number of benzene rings is 1. The lowest BCUT2D eigenvalue weighted by molar-refractivity contribution is -0.147. The van der Waals surface area contributed by atoms with Crippen molar-refractivity contribution in [3.8, 4) is 5.75 Å². The van der Waals surface area contributed by atoms with E-state index in [1.54, 1.807) is 28.0 Å². The molecule has 1 aromatic carbocycles. The van der Waals surface area contributed by atoms with Gasteiger partial charge in [-0.15, -0.1) is 0 Å². The molecule has 0 aliphatic carbocycles. The maximum Gasteiger partial charge on any atom is 0.336 e. The molecule has 1 saturated heterocycles. The fourth-order valence-corrected chi connectivity index (χ4v) is 3.32. The average Bonchev–Trinajstić information content (AvgIpc) is 2.75. The van der Waals surface area contributed by atoms with Crippen molar-refractivity contribution < 1.29 is 28.3 Å². The lowest BCUT2D eigenvalue weighted by Crippen LogP contribution is -2.50. The fourth-order valence-electron chi connectivity index (χ4n) is 3.32. The first-order chi connectivity index (χ1) is 14.4. The number of rotatable bonds is 6. The van der Waals surface area contributed by atoms with Gasteiger partial charge in [-0.3, -0.25) is 14.4 Å². The topological polar surface area (TPSA) is 106 Å². The number of carbonyl (C=O) groups excluding carboxylic acids is 3. The molecule has 1 aliphatic rings. The summed E-state index contributed by atoms with van der Waals surface area (Å²) < 4.78 is 15.5. The molecule has 1 aliphatic heterocycles. The molecular weight excluding hydrogens is 392 g/mol. The SMILES string of the molecule is COc1ccc2c(COC(=O)CCC(=O)N3CCN(C(C)=O)CC3)cc(=O)oc2c1. The number of hydrogen-bond donors (Lipinski definition) is 0. The molecule has 0 radical (unpaired) electrons. The van der Waals surface area contributed by atoms with Crippen molar-refractivity contribution in [2.75, 3.05) is 33.3 Å². The highest BCUT2D eigenvalue weighted by Gasteiger charge is 2.22. The first kappa shape index (κ1) is 21.4. The summed E-state index contributed by atoms with van der Waals surface area (Å²) in [6.45, 7) is 3.33. The Morgan fingerprint density at radius 3 is 2.40 bits per heavy atom. The Morgan fingerprint density at radius 1 is 1.03 bits per heavy atom. The zero-order valence-corrected chi connectivity index (χ0v) is 17.0. The number of fused-ring (bicyclic) bond motifs is 1. The Bertz CT molecular complexity index is 1010. The maximum atomic E-state index is 12.3. The molecule has 0 saturated carbocycles. The van der Waals surface area contributed by atoms with Crippen molar-refractivity contribution in [2.24, 2.45) is 0 Å². The van der Waals surface area contributed by atoms with Gasteiger partial charge in [-0.2, -0.15) is 0 Å². The summed E-state index contributed by atoms with van der Waals surface area (Å²) in [5.74, 6) is -0.136. The normalized spacial score (nSPS) is 13.9. The number of hydrogen-bond acceptors (Lipinski definition) is 7. The minimum absolute atomic E-state index is 0.00778. The van der Waals surface area contributed by atoms with Crippen LogP contribution in [0.25, 0.3) is 11.0 Å². The highest BCUT2D eigenvalue weighted by molar-refractivity contribution is 5.83. The largest absolute Gasteiger partial charge is 0.497 e. The molecule has 30 heavy (non-hydrogen) atoms. The molecule has 0 spiro atoms. The van der Waals surface area contributed by atoms with Gasteiger partial charge in [-0.25, -0.2) is 4.79 Å². The summed E-state index contributed by atoms with van der Waals surface area (Å²) in [6.07, 6.45) is -0.0211. The smallest absolute Gasteiger partial charge is 0.336 e. The monoisotopic (exact) mass is 416 g/mol. The van der Waals surface area contributed by atoms with Crippen LogP contribution in [-0.2, 0) is 25.7 Å². The molecule has 2 heterocycles. The Morgan fingerprint density at radius 2 is 1.73 bits per heavy atom. The standard InChI is InChI=1S/C21H24N2O7/c1-14(24)22-7-9-23(10-8-22)19(25)5-6-20(26)29-13-15-11-21(27)30-18-12-16(28-2)3-4-17(15)18/h3-4,11-12H,5-10,13H2,1-2H3. The van der Waals surface area contributed by atoms with Crippen molar-refractivity contribution in [2.45, 2.75) is 26.4 Å². The quantitative estimate of drug-likeness (QED) is 0.516. The Kier molecular flexibility index (Phi) is 6.71. The van der Waals surface area contributed by atoms with Gasteiger partial charge in [0.15, 0.2) is 0 Å². The molecule has 0 bridgehead atoms. The molecule has 0 atom stereocenters. The number of esters is 1. The summed E-state index contributed by atoms with van der Waals surface area (Å²) in [6, 6.07) is 6.32. The molecule has 2 amide bonds. The third-order valence-corrected chi connectivity index (χ3v) is 5.05. The Balaban J connectivity index is 1.52. The highest BCUT2D eigenvalue weighted by Crippen LogP contribution is 2.23. The highest BCUT2D eigenvalue weighted by atomic mass is 16.5. The lowest BCUT2D eigenvalue weighted by Gasteiger charge is -2.34. The minimum atomic E-state index is -0.554. The van der Waals surface area contributed by atoms with E-state index in [0.29, 0.717) is 48.5 Å². The van der Waals surface area contributed by atoms with Crippen LogP contribution in [0.3, 0.4) is 0 Å². The summed E-state index contributed by atoms with van der Waals surface area (Å²) in [4.78, 5) is 50.8. The zero-order chi connectivity index (χ0) is 21.7. The number of ether oxygens (including phenoxy) is 2. The van der Waals surface area contributed by atoms with Gasteiger partial charge < -0.3 is 23.7 Å². The van der Waals surface area contributed by atoms with Crippen molar-refractivity contribution >= 4 is 28.8 Å². The third-order valence-electron chi connectivity index (χ3n) is 5.05. The van der Waals surface area contributed by atoms with E-state index in [-0.39, 0.29) is 31.3 Å². The predicted molar refractivity (Wildman–Crippen MR) is 107 cm³/mol. The van der Waals surface area contributed by atoms with Gasteiger partial charge in [0, 0.05) is 62.6 Å². The van der Waals surface area contributed by atoms with Crippen LogP contribution in [0.5, 0.6) is 5.75 Å². The lowest BCUT2D eigenvalue weighted by atomic mass is 10.1.